The third-order valence-electron chi connectivity index (χ3n) is 5.37. The van der Waals surface area contributed by atoms with Crippen LogP contribution < -0.4 is 14.8 Å². The molecule has 1 fully saturated rings. The number of carbonyl (C=O) groups excluding carboxylic acids is 2. The number of imide groups is 1. The molecule has 30 heavy (non-hydrogen) atoms. The smallest absolute Gasteiger partial charge is 0.325 e. The molecule has 2 aliphatic heterocycles. The van der Waals surface area contributed by atoms with E-state index in [1.54, 1.807) is 31.4 Å². The molecule has 1 unspecified atom stereocenters. The Morgan fingerprint density at radius 2 is 1.97 bits per heavy atom. The van der Waals surface area contributed by atoms with Gasteiger partial charge in [-0.25, -0.2) is 4.79 Å². The van der Waals surface area contributed by atoms with Crippen LogP contribution in [0.5, 0.6) is 11.5 Å². The maximum absolute atomic E-state index is 13.3. The second-order valence-corrected chi connectivity index (χ2v) is 7.03. The highest BCUT2D eigenvalue weighted by Gasteiger charge is 2.55. The lowest BCUT2D eigenvalue weighted by Crippen LogP contribution is -2.47. The Labute approximate surface area is 171 Å². The number of benzene rings is 2. The summed E-state index contributed by atoms with van der Waals surface area (Å²) in [5.74, 6) is 1.30. The molecule has 3 amide bonds. The summed E-state index contributed by atoms with van der Waals surface area (Å²) in [6.07, 6.45) is 0.349. The summed E-state index contributed by atoms with van der Waals surface area (Å²) in [6.45, 7) is 0.201. The van der Waals surface area contributed by atoms with Crippen molar-refractivity contribution in [3.8, 4) is 22.9 Å². The minimum atomic E-state index is -1.14. The quantitative estimate of drug-likeness (QED) is 0.663. The fraction of sp³-hybridized carbons (Fsp3) is 0.238. The molecule has 3 aromatic rings. The van der Waals surface area contributed by atoms with Crippen LogP contribution in [0.25, 0.3) is 11.4 Å². The predicted molar refractivity (Wildman–Crippen MR) is 104 cm³/mol. The maximum Gasteiger partial charge on any atom is 0.325 e. The van der Waals surface area contributed by atoms with Crippen molar-refractivity contribution in [3.05, 3.63) is 60.0 Å². The van der Waals surface area contributed by atoms with Gasteiger partial charge in [0.25, 0.3) is 5.91 Å². The molecule has 1 N–H and O–H groups in total. The second kappa shape index (κ2) is 6.87. The van der Waals surface area contributed by atoms with E-state index in [0.29, 0.717) is 41.5 Å². The molecule has 1 aromatic heterocycles. The van der Waals surface area contributed by atoms with Crippen molar-refractivity contribution in [2.24, 2.45) is 0 Å². The first kappa shape index (κ1) is 18.2. The van der Waals surface area contributed by atoms with Gasteiger partial charge in [-0.3, -0.25) is 9.69 Å². The Balaban J connectivity index is 1.43. The Morgan fingerprint density at radius 3 is 2.83 bits per heavy atom. The van der Waals surface area contributed by atoms with Gasteiger partial charge in [-0.05, 0) is 18.2 Å². The first-order valence-corrected chi connectivity index (χ1v) is 9.45. The van der Waals surface area contributed by atoms with Crippen molar-refractivity contribution >= 4 is 11.9 Å². The van der Waals surface area contributed by atoms with E-state index in [9.17, 15) is 9.59 Å². The number of hydrogen-bond donors (Lipinski definition) is 1. The standard InChI is InChI=1S/C21H18N4O5/c1-28-15-8-4-2-6-13(15)18-22-17(30-24-18)12-25-19(26)21(23-20(25)27)10-11-29-16-9-5-3-7-14(16)21/h2-9H,10-12H2,1H3,(H,23,27). The molecule has 1 spiro atoms. The lowest BCUT2D eigenvalue weighted by Gasteiger charge is -2.33. The average Bonchev–Trinajstić information content (AvgIpc) is 3.33. The highest BCUT2D eigenvalue weighted by Crippen LogP contribution is 2.41. The summed E-state index contributed by atoms with van der Waals surface area (Å²) in [4.78, 5) is 31.4. The number of amides is 3. The van der Waals surface area contributed by atoms with Crippen molar-refractivity contribution in [1.82, 2.24) is 20.4 Å². The number of aromatic nitrogens is 2. The minimum Gasteiger partial charge on any atom is -0.496 e. The van der Waals surface area contributed by atoms with E-state index in [4.69, 9.17) is 14.0 Å². The molecular formula is C21H18N4O5. The van der Waals surface area contributed by atoms with Crippen LogP contribution in [0.2, 0.25) is 0 Å². The van der Waals surface area contributed by atoms with Gasteiger partial charge in [-0.2, -0.15) is 4.98 Å². The molecule has 2 aliphatic rings. The molecule has 0 aliphatic carbocycles. The molecular weight excluding hydrogens is 388 g/mol. The predicted octanol–water partition coefficient (Wildman–Crippen LogP) is 2.48. The van der Waals surface area contributed by atoms with Gasteiger partial charge in [0.15, 0.2) is 5.54 Å². The largest absolute Gasteiger partial charge is 0.496 e. The fourth-order valence-corrected chi connectivity index (χ4v) is 3.91. The van der Waals surface area contributed by atoms with Crippen LogP contribution in [0.15, 0.2) is 53.1 Å². The topological polar surface area (TPSA) is 107 Å². The molecule has 152 valence electrons. The van der Waals surface area contributed by atoms with Gasteiger partial charge < -0.3 is 19.3 Å². The normalized spacial score (nSPS) is 20.1. The average molecular weight is 406 g/mol. The van der Waals surface area contributed by atoms with Gasteiger partial charge in [0.05, 0.1) is 19.3 Å². The van der Waals surface area contributed by atoms with E-state index >= 15 is 0 Å². The van der Waals surface area contributed by atoms with Crippen molar-refractivity contribution in [2.45, 2.75) is 18.5 Å². The highest BCUT2D eigenvalue weighted by molar-refractivity contribution is 6.07. The Kier molecular flexibility index (Phi) is 4.16. The Morgan fingerprint density at radius 1 is 1.17 bits per heavy atom. The van der Waals surface area contributed by atoms with Gasteiger partial charge in [0.1, 0.15) is 18.0 Å². The van der Waals surface area contributed by atoms with Gasteiger partial charge in [-0.1, -0.05) is 35.5 Å². The summed E-state index contributed by atoms with van der Waals surface area (Å²) < 4.78 is 16.3. The van der Waals surface area contributed by atoms with E-state index in [2.05, 4.69) is 15.5 Å². The Hall–Kier alpha value is -3.88. The molecule has 0 saturated carbocycles. The Bertz CT molecular complexity index is 1140. The molecule has 5 rings (SSSR count). The fourth-order valence-electron chi connectivity index (χ4n) is 3.91. The third kappa shape index (κ3) is 2.70. The number of fused-ring (bicyclic) bond motifs is 2. The maximum atomic E-state index is 13.3. The first-order valence-electron chi connectivity index (χ1n) is 9.45. The monoisotopic (exact) mass is 406 g/mol. The molecule has 9 nitrogen and oxygen atoms in total. The van der Waals surface area contributed by atoms with Crippen LogP contribution in [0.3, 0.4) is 0 Å². The number of hydrogen-bond acceptors (Lipinski definition) is 7. The molecule has 0 radical (unpaired) electrons. The van der Waals surface area contributed by atoms with Gasteiger partial charge >= 0.3 is 6.03 Å². The number of carbonyl (C=O) groups is 2. The van der Waals surface area contributed by atoms with Crippen LogP contribution >= 0.6 is 0 Å². The van der Waals surface area contributed by atoms with Crippen molar-refractivity contribution < 1.29 is 23.6 Å². The number of urea groups is 1. The SMILES string of the molecule is COc1ccccc1-c1noc(CN2C(=O)NC3(CCOc4ccccc43)C2=O)n1. The molecule has 9 heteroatoms. The van der Waals surface area contributed by atoms with Crippen LogP contribution in [0, 0.1) is 0 Å². The first-order chi connectivity index (χ1) is 14.6. The summed E-state index contributed by atoms with van der Waals surface area (Å²) in [7, 11) is 1.55. The van der Waals surface area contributed by atoms with Gasteiger partial charge in [-0.15, -0.1) is 0 Å². The van der Waals surface area contributed by atoms with Gasteiger partial charge in [0, 0.05) is 12.0 Å². The number of rotatable bonds is 4. The van der Waals surface area contributed by atoms with Gasteiger partial charge in [0.2, 0.25) is 11.7 Å². The zero-order valence-corrected chi connectivity index (χ0v) is 16.1. The van der Waals surface area contributed by atoms with Crippen molar-refractivity contribution in [2.75, 3.05) is 13.7 Å². The molecule has 2 aromatic carbocycles. The van der Waals surface area contributed by atoms with Crippen LogP contribution in [-0.2, 0) is 16.9 Å². The van der Waals surface area contributed by atoms with E-state index in [1.165, 1.54) is 0 Å². The highest BCUT2D eigenvalue weighted by atomic mass is 16.5. The molecule has 0 bridgehead atoms. The number of methoxy groups -OCH3 is 1. The summed E-state index contributed by atoms with van der Waals surface area (Å²) >= 11 is 0. The lowest BCUT2D eigenvalue weighted by atomic mass is 9.84. The molecule has 1 atom stereocenters. The van der Waals surface area contributed by atoms with Crippen LogP contribution in [-0.4, -0.2) is 40.7 Å². The number of nitrogens with zero attached hydrogens (tertiary/aromatic N) is 3. The van der Waals surface area contributed by atoms with Crippen molar-refractivity contribution in [3.63, 3.8) is 0 Å². The summed E-state index contributed by atoms with van der Waals surface area (Å²) in [5, 5.41) is 6.82. The third-order valence-corrected chi connectivity index (χ3v) is 5.37. The molecule has 3 heterocycles. The zero-order chi connectivity index (χ0) is 20.7. The van der Waals surface area contributed by atoms with Crippen LogP contribution in [0.4, 0.5) is 4.79 Å². The second-order valence-electron chi connectivity index (χ2n) is 7.03. The van der Waals surface area contributed by atoms with Crippen molar-refractivity contribution in [1.29, 1.82) is 0 Å². The van der Waals surface area contributed by atoms with Crippen LogP contribution in [0.1, 0.15) is 17.9 Å². The summed E-state index contributed by atoms with van der Waals surface area (Å²) in [5.41, 5.74) is 0.164. The van der Waals surface area contributed by atoms with E-state index in [-0.39, 0.29) is 18.3 Å². The minimum absolute atomic E-state index is 0.127. The summed E-state index contributed by atoms with van der Waals surface area (Å²) in [6, 6.07) is 14.0. The van der Waals surface area contributed by atoms with E-state index in [1.807, 2.05) is 24.3 Å². The molecule has 1 saturated heterocycles. The van der Waals surface area contributed by atoms with E-state index in [0.717, 1.165) is 4.90 Å². The lowest BCUT2D eigenvalue weighted by molar-refractivity contribution is -0.133. The zero-order valence-electron chi connectivity index (χ0n) is 16.1. The number of ether oxygens (including phenoxy) is 2. The van der Waals surface area contributed by atoms with E-state index < -0.39 is 11.6 Å². The number of nitrogens with one attached hydrogen (secondary N) is 1. The number of para-hydroxylation sites is 2.